The number of fused-ring (bicyclic) bond motifs is 1. The third-order valence-corrected chi connectivity index (χ3v) is 4.87. The maximum Gasteiger partial charge on any atom is 0.0934 e. The monoisotopic (exact) mass is 271 g/mol. The van der Waals surface area contributed by atoms with E-state index in [-0.39, 0.29) is 0 Å². The fourth-order valence-corrected chi connectivity index (χ4v) is 3.86. The minimum absolute atomic E-state index is 0.505. The van der Waals surface area contributed by atoms with E-state index in [1.165, 1.54) is 23.3 Å². The van der Waals surface area contributed by atoms with E-state index in [4.69, 9.17) is 18.0 Å². The van der Waals surface area contributed by atoms with Gasteiger partial charge in [-0.25, -0.2) is 0 Å². The first-order valence-corrected chi connectivity index (χ1v) is 7.69. The van der Waals surface area contributed by atoms with Gasteiger partial charge in [0.2, 0.25) is 0 Å². The van der Waals surface area contributed by atoms with Crippen molar-refractivity contribution >= 4 is 34.7 Å². The van der Waals surface area contributed by atoms with Crippen molar-refractivity contribution in [3.8, 4) is 12.3 Å². The molecule has 0 bridgehead atoms. The smallest absolute Gasteiger partial charge is 0.0934 e. The predicted octanol–water partition coefficient (Wildman–Crippen LogP) is 3.34. The summed E-state index contributed by atoms with van der Waals surface area (Å²) in [5.41, 5.74) is 1.41. The van der Waals surface area contributed by atoms with Crippen LogP contribution in [0.2, 0.25) is 4.34 Å². The highest BCUT2D eigenvalue weighted by atomic mass is 35.5. The molecule has 1 atom stereocenters. The molecule has 4 heteroatoms. The Labute approximate surface area is 110 Å². The Kier molecular flexibility index (Phi) is 4.60. The SMILES string of the molecule is C#CCSCCNC1CCc2sc(Cl)cc21. The molecule has 0 fully saturated rings. The molecule has 16 heavy (non-hydrogen) atoms. The molecule has 0 aliphatic heterocycles. The average Bonchev–Trinajstić information content (AvgIpc) is 2.78. The number of thioether (sulfide) groups is 1. The number of thiophene rings is 1. The average molecular weight is 272 g/mol. The van der Waals surface area contributed by atoms with Gasteiger partial charge in [0.25, 0.3) is 0 Å². The van der Waals surface area contributed by atoms with Gasteiger partial charge in [0, 0.05) is 23.2 Å². The first-order chi connectivity index (χ1) is 7.81. The van der Waals surface area contributed by atoms with E-state index in [0.717, 1.165) is 22.4 Å². The van der Waals surface area contributed by atoms with Gasteiger partial charge in [0.1, 0.15) is 0 Å². The molecule has 1 nitrogen and oxygen atoms in total. The molecule has 0 spiro atoms. The fraction of sp³-hybridized carbons (Fsp3) is 0.500. The Morgan fingerprint density at radius 2 is 2.56 bits per heavy atom. The van der Waals surface area contributed by atoms with Gasteiger partial charge in [0.05, 0.1) is 10.1 Å². The second-order valence-corrected chi connectivity index (χ2v) is 6.60. The minimum atomic E-state index is 0.505. The molecule has 1 aromatic heterocycles. The highest BCUT2D eigenvalue weighted by Crippen LogP contribution is 2.39. The van der Waals surface area contributed by atoms with Crippen LogP contribution in [0, 0.1) is 12.3 Å². The van der Waals surface area contributed by atoms with Gasteiger partial charge in [-0.1, -0.05) is 17.5 Å². The largest absolute Gasteiger partial charge is 0.309 e. The summed E-state index contributed by atoms with van der Waals surface area (Å²) >= 11 is 9.53. The first kappa shape index (κ1) is 12.3. The molecule has 2 rings (SSSR count). The lowest BCUT2D eigenvalue weighted by Crippen LogP contribution is -2.21. The molecule has 86 valence electrons. The number of terminal acetylenes is 1. The van der Waals surface area contributed by atoms with E-state index in [9.17, 15) is 0 Å². The maximum absolute atomic E-state index is 6.01. The van der Waals surface area contributed by atoms with E-state index in [1.54, 1.807) is 23.1 Å². The maximum atomic E-state index is 6.01. The minimum Gasteiger partial charge on any atom is -0.309 e. The van der Waals surface area contributed by atoms with Gasteiger partial charge in [0.15, 0.2) is 0 Å². The molecule has 0 saturated carbocycles. The van der Waals surface area contributed by atoms with Crippen molar-refractivity contribution in [3.63, 3.8) is 0 Å². The van der Waals surface area contributed by atoms with Crippen molar-refractivity contribution in [1.29, 1.82) is 0 Å². The van der Waals surface area contributed by atoms with Gasteiger partial charge in [-0.3, -0.25) is 0 Å². The first-order valence-electron chi connectivity index (χ1n) is 5.34. The highest BCUT2D eigenvalue weighted by Gasteiger charge is 2.24. The van der Waals surface area contributed by atoms with Crippen molar-refractivity contribution < 1.29 is 0 Å². The second-order valence-electron chi connectivity index (χ2n) is 3.73. The van der Waals surface area contributed by atoms with Gasteiger partial charge in [-0.15, -0.1) is 29.5 Å². The van der Waals surface area contributed by atoms with Crippen molar-refractivity contribution in [2.45, 2.75) is 18.9 Å². The van der Waals surface area contributed by atoms with Gasteiger partial charge < -0.3 is 5.32 Å². The molecule has 0 aromatic carbocycles. The van der Waals surface area contributed by atoms with Crippen molar-refractivity contribution in [1.82, 2.24) is 5.32 Å². The normalized spacial score (nSPS) is 18.4. The zero-order valence-electron chi connectivity index (χ0n) is 8.96. The summed E-state index contributed by atoms with van der Waals surface area (Å²) < 4.78 is 0.915. The summed E-state index contributed by atoms with van der Waals surface area (Å²) in [5.74, 6) is 4.52. The summed E-state index contributed by atoms with van der Waals surface area (Å²) in [6.07, 6.45) is 7.57. The third kappa shape index (κ3) is 2.95. The van der Waals surface area contributed by atoms with Crippen molar-refractivity contribution in [2.24, 2.45) is 0 Å². The Morgan fingerprint density at radius 1 is 1.69 bits per heavy atom. The molecule has 1 aliphatic rings. The molecule has 0 radical (unpaired) electrons. The molecule has 0 saturated heterocycles. The lowest BCUT2D eigenvalue weighted by Gasteiger charge is -2.12. The number of halogens is 1. The van der Waals surface area contributed by atoms with Crippen LogP contribution in [0.4, 0.5) is 0 Å². The van der Waals surface area contributed by atoms with Gasteiger partial charge in [-0.05, 0) is 24.5 Å². The molecule has 1 heterocycles. The number of hydrogen-bond acceptors (Lipinski definition) is 3. The Hall–Kier alpha value is -0.140. The molecule has 1 aromatic rings. The Bertz CT molecular complexity index is 394. The van der Waals surface area contributed by atoms with Crippen LogP contribution in [-0.2, 0) is 6.42 Å². The standard InChI is InChI=1S/C12H14ClNS2/c1-2-6-15-7-5-14-10-3-4-11-9(10)8-12(13)16-11/h1,8,10,14H,3-7H2. The van der Waals surface area contributed by atoms with Gasteiger partial charge >= 0.3 is 0 Å². The lowest BCUT2D eigenvalue weighted by molar-refractivity contribution is 0.552. The molecule has 0 amide bonds. The van der Waals surface area contributed by atoms with Crippen molar-refractivity contribution in [3.05, 3.63) is 20.8 Å². The molecule has 1 aliphatic carbocycles. The van der Waals surface area contributed by atoms with Crippen LogP contribution >= 0.6 is 34.7 Å². The van der Waals surface area contributed by atoms with E-state index in [2.05, 4.69) is 17.3 Å². The van der Waals surface area contributed by atoms with E-state index >= 15 is 0 Å². The third-order valence-electron chi connectivity index (χ3n) is 2.67. The van der Waals surface area contributed by atoms with Crippen LogP contribution in [0.1, 0.15) is 22.9 Å². The topological polar surface area (TPSA) is 12.0 Å². The second kappa shape index (κ2) is 5.97. The van der Waals surface area contributed by atoms with Crippen molar-refractivity contribution in [2.75, 3.05) is 18.1 Å². The number of aryl methyl sites for hydroxylation is 1. The summed E-state index contributed by atoms with van der Waals surface area (Å²) in [4.78, 5) is 1.46. The van der Waals surface area contributed by atoms with Crippen LogP contribution in [0.3, 0.4) is 0 Å². The van der Waals surface area contributed by atoms with Crippen LogP contribution in [0.25, 0.3) is 0 Å². The highest BCUT2D eigenvalue weighted by molar-refractivity contribution is 7.99. The predicted molar refractivity (Wildman–Crippen MR) is 74.6 cm³/mol. The summed E-state index contributed by atoms with van der Waals surface area (Å²) in [7, 11) is 0. The van der Waals surface area contributed by atoms with Gasteiger partial charge in [-0.2, -0.15) is 0 Å². The summed E-state index contributed by atoms with van der Waals surface area (Å²) in [5, 5.41) is 3.57. The summed E-state index contributed by atoms with van der Waals surface area (Å²) in [6, 6.07) is 2.62. The summed E-state index contributed by atoms with van der Waals surface area (Å²) in [6.45, 7) is 1.02. The van der Waals surface area contributed by atoms with Crippen LogP contribution < -0.4 is 5.32 Å². The molecular weight excluding hydrogens is 258 g/mol. The van der Waals surface area contributed by atoms with E-state index in [1.807, 2.05) is 0 Å². The Balaban J connectivity index is 1.78. The zero-order valence-corrected chi connectivity index (χ0v) is 11.4. The number of rotatable bonds is 5. The quantitative estimate of drug-likeness (QED) is 0.651. The number of hydrogen-bond donors (Lipinski definition) is 1. The van der Waals surface area contributed by atoms with Crippen LogP contribution in [0.5, 0.6) is 0 Å². The molecule has 1 N–H and O–H groups in total. The number of nitrogens with one attached hydrogen (secondary N) is 1. The Morgan fingerprint density at radius 3 is 3.38 bits per heavy atom. The van der Waals surface area contributed by atoms with E-state index in [0.29, 0.717) is 6.04 Å². The fourth-order valence-electron chi connectivity index (χ4n) is 1.98. The van der Waals surface area contributed by atoms with Crippen LogP contribution in [0.15, 0.2) is 6.07 Å². The van der Waals surface area contributed by atoms with Crippen LogP contribution in [-0.4, -0.2) is 18.1 Å². The molecule has 1 unspecified atom stereocenters. The van der Waals surface area contributed by atoms with E-state index < -0.39 is 0 Å². The zero-order chi connectivity index (χ0) is 11.4. The molecular formula is C12H14ClNS2. The lowest BCUT2D eigenvalue weighted by atomic mass is 10.2.